The van der Waals surface area contributed by atoms with Crippen molar-refractivity contribution in [3.05, 3.63) is 132 Å². The van der Waals surface area contributed by atoms with Crippen LogP contribution in [0.5, 0.6) is 0 Å². The summed E-state index contributed by atoms with van der Waals surface area (Å²) >= 11 is 26.2. The van der Waals surface area contributed by atoms with Gasteiger partial charge in [-0.05, 0) is 99.9 Å². The van der Waals surface area contributed by atoms with E-state index in [1.165, 1.54) is 0 Å². The minimum atomic E-state index is -0.235. The number of ether oxygens (including phenoxy) is 2. The number of fused-ring (bicyclic) bond motifs is 2. The number of aromatic nitrogens is 2. The first-order chi connectivity index (χ1) is 26.6. The predicted octanol–water partition coefficient (Wildman–Crippen LogP) is 9.19. The molecule has 4 heterocycles. The van der Waals surface area contributed by atoms with Crippen molar-refractivity contribution in [1.29, 1.82) is 0 Å². The molecule has 0 spiro atoms. The zero-order valence-corrected chi connectivity index (χ0v) is 36.0. The number of rotatable bonds is 10. The van der Waals surface area contributed by atoms with Gasteiger partial charge in [-0.25, -0.2) is 0 Å². The first-order valence-electron chi connectivity index (χ1n) is 18.6. The second-order valence-electron chi connectivity index (χ2n) is 14.3. The zero-order valence-electron chi connectivity index (χ0n) is 33.0. The predicted molar refractivity (Wildman–Crippen MR) is 223 cm³/mol. The van der Waals surface area contributed by atoms with Crippen LogP contribution in [0.2, 0.25) is 20.1 Å². The molecule has 10 nitrogen and oxygen atoms in total. The van der Waals surface area contributed by atoms with Gasteiger partial charge in [-0.2, -0.15) is 0 Å². The molecule has 14 heteroatoms. The second-order valence-corrected chi connectivity index (χ2v) is 15.9. The maximum absolute atomic E-state index is 13.3. The van der Waals surface area contributed by atoms with Gasteiger partial charge in [0.1, 0.15) is 0 Å². The topological polar surface area (TPSA) is 125 Å². The van der Waals surface area contributed by atoms with Crippen LogP contribution >= 0.6 is 46.4 Å². The minimum absolute atomic E-state index is 0.167. The molecule has 2 aromatic carbocycles. The SMILES string of the molecule is CCC(OC)c1cc(Cl)c2c(c1Cl)C(=O)N(Cc1c(C)cc(C)[nH]c1=O)CC2.CCC(OC)c1cc(Cl)c2c(c1Cl)C(=O)N(Cc1c(C)cc(C)[nH]c1=O)CC2. The van der Waals surface area contributed by atoms with Crippen molar-refractivity contribution in [2.75, 3.05) is 27.3 Å². The number of amides is 2. The number of aromatic amines is 2. The van der Waals surface area contributed by atoms with Crippen molar-refractivity contribution in [2.45, 2.75) is 92.5 Å². The maximum Gasteiger partial charge on any atom is 0.256 e. The molecule has 6 rings (SSSR count). The summed E-state index contributed by atoms with van der Waals surface area (Å²) in [6.07, 6.45) is 2.13. The van der Waals surface area contributed by atoms with E-state index in [1.54, 1.807) is 36.2 Å². The molecule has 2 aliphatic heterocycles. The van der Waals surface area contributed by atoms with Crippen LogP contribution in [0, 0.1) is 27.7 Å². The quantitative estimate of drug-likeness (QED) is 0.164. The van der Waals surface area contributed by atoms with Gasteiger partial charge in [0, 0.05) is 71.0 Å². The number of pyridine rings is 2. The highest BCUT2D eigenvalue weighted by molar-refractivity contribution is 6.38. The van der Waals surface area contributed by atoms with E-state index in [0.29, 0.717) is 81.1 Å². The summed E-state index contributed by atoms with van der Waals surface area (Å²) in [5, 5.41) is 1.83. The van der Waals surface area contributed by atoms with Gasteiger partial charge in [0.15, 0.2) is 0 Å². The molecule has 2 atom stereocenters. The third-order valence-corrected chi connectivity index (χ3v) is 12.1. The average molecular weight is 847 g/mol. The lowest BCUT2D eigenvalue weighted by molar-refractivity contribution is 0.0716. The molecule has 0 saturated carbocycles. The number of carbonyl (C=O) groups excluding carboxylic acids is 2. The van der Waals surface area contributed by atoms with Crippen molar-refractivity contribution in [1.82, 2.24) is 19.8 Å². The number of carbonyl (C=O) groups is 2. The van der Waals surface area contributed by atoms with Crippen LogP contribution in [0.1, 0.15) is 116 Å². The standard InChI is InChI=1S/2C21H24Cl2N2O3/c2*1-5-17(28-4)14-9-16(22)13-6-7-25(21(27)18(13)19(14)23)10-15-11(2)8-12(3)24-20(15)26/h2*8-9,17H,5-7,10H2,1-4H3,(H,24,26). The lowest BCUT2D eigenvalue weighted by Gasteiger charge is -2.31. The van der Waals surface area contributed by atoms with Crippen LogP contribution in [0.4, 0.5) is 0 Å². The number of halogens is 4. The second kappa shape index (κ2) is 18.3. The molecule has 4 aromatic rings. The number of H-pyrrole nitrogens is 2. The highest BCUT2D eigenvalue weighted by atomic mass is 35.5. The number of hydrogen-bond acceptors (Lipinski definition) is 6. The summed E-state index contributed by atoms with van der Waals surface area (Å²) in [5.41, 5.74) is 7.97. The van der Waals surface area contributed by atoms with Crippen LogP contribution in [0.25, 0.3) is 0 Å². The lowest BCUT2D eigenvalue weighted by atomic mass is 9.93. The number of hydrogen-bond donors (Lipinski definition) is 2. The van der Waals surface area contributed by atoms with Crippen LogP contribution in [0.3, 0.4) is 0 Å². The summed E-state index contributed by atoms with van der Waals surface area (Å²) in [6.45, 7) is 12.8. The van der Waals surface area contributed by atoms with Crippen molar-refractivity contribution < 1.29 is 19.1 Å². The van der Waals surface area contributed by atoms with Crippen molar-refractivity contribution in [3.8, 4) is 0 Å². The summed E-state index contributed by atoms with van der Waals surface area (Å²) in [4.78, 5) is 60.2. The molecule has 56 heavy (non-hydrogen) atoms. The van der Waals surface area contributed by atoms with Crippen molar-refractivity contribution in [2.24, 2.45) is 0 Å². The molecule has 2 unspecified atom stereocenters. The summed E-state index contributed by atoms with van der Waals surface area (Å²) < 4.78 is 11.0. The van der Waals surface area contributed by atoms with E-state index < -0.39 is 0 Å². The molecule has 0 fully saturated rings. The Morgan fingerprint density at radius 3 is 1.29 bits per heavy atom. The molecule has 0 radical (unpaired) electrons. The van der Waals surface area contributed by atoms with Gasteiger partial charge < -0.3 is 29.2 Å². The molecular weight excluding hydrogens is 798 g/mol. The molecule has 2 aliphatic rings. The third kappa shape index (κ3) is 8.76. The number of methoxy groups -OCH3 is 2. The van der Waals surface area contributed by atoms with Gasteiger partial charge in [-0.1, -0.05) is 60.3 Å². The highest BCUT2D eigenvalue weighted by Gasteiger charge is 2.34. The summed E-state index contributed by atoms with van der Waals surface area (Å²) in [6, 6.07) is 7.42. The first kappa shape index (κ1) is 43.5. The van der Waals surface area contributed by atoms with E-state index in [4.69, 9.17) is 55.9 Å². The molecule has 0 aliphatic carbocycles. The molecule has 2 aromatic heterocycles. The zero-order chi connectivity index (χ0) is 41.2. The van der Waals surface area contributed by atoms with E-state index in [9.17, 15) is 19.2 Å². The Balaban J connectivity index is 0.000000214. The fourth-order valence-electron chi connectivity index (χ4n) is 7.65. The van der Waals surface area contributed by atoms with Gasteiger partial charge in [-0.3, -0.25) is 19.2 Å². The monoisotopic (exact) mass is 844 g/mol. The smallest absolute Gasteiger partial charge is 0.256 e. The Labute approximate surface area is 347 Å². The largest absolute Gasteiger partial charge is 0.377 e. The van der Waals surface area contributed by atoms with Gasteiger partial charge in [0.05, 0.1) is 46.5 Å². The van der Waals surface area contributed by atoms with Crippen LogP contribution in [0.15, 0.2) is 33.9 Å². The Morgan fingerprint density at radius 1 is 0.625 bits per heavy atom. The Hall–Kier alpha value is -3.64. The number of nitrogens with zero attached hydrogens (tertiary/aromatic N) is 2. The number of nitrogens with one attached hydrogen (secondary N) is 2. The Morgan fingerprint density at radius 2 is 0.982 bits per heavy atom. The molecule has 300 valence electrons. The van der Waals surface area contributed by atoms with E-state index in [2.05, 4.69) is 9.97 Å². The Bertz CT molecular complexity index is 2120. The average Bonchev–Trinajstić information content (AvgIpc) is 3.14. The first-order valence-corrected chi connectivity index (χ1v) is 20.1. The minimum Gasteiger partial charge on any atom is -0.377 e. The van der Waals surface area contributed by atoms with Crippen LogP contribution in [-0.4, -0.2) is 58.9 Å². The molecule has 2 amide bonds. The molecular formula is C42H48Cl4N4O6. The molecule has 0 saturated heterocycles. The van der Waals surface area contributed by atoms with Crippen LogP contribution in [-0.2, 0) is 35.4 Å². The van der Waals surface area contributed by atoms with E-state index >= 15 is 0 Å². The van der Waals surface area contributed by atoms with Gasteiger partial charge in [0.25, 0.3) is 22.9 Å². The molecule has 2 N–H and O–H groups in total. The van der Waals surface area contributed by atoms with Crippen molar-refractivity contribution in [3.63, 3.8) is 0 Å². The fourth-order valence-corrected chi connectivity index (χ4v) is 9.00. The van der Waals surface area contributed by atoms with E-state index in [0.717, 1.165) is 44.8 Å². The van der Waals surface area contributed by atoms with Gasteiger partial charge >= 0.3 is 0 Å². The van der Waals surface area contributed by atoms with Crippen LogP contribution < -0.4 is 11.1 Å². The van der Waals surface area contributed by atoms with Crippen molar-refractivity contribution >= 4 is 58.2 Å². The Kier molecular flexibility index (Phi) is 14.2. The summed E-state index contributed by atoms with van der Waals surface area (Å²) in [7, 11) is 3.22. The lowest BCUT2D eigenvalue weighted by Crippen LogP contribution is -2.39. The maximum atomic E-state index is 13.3. The normalized spacial score (nSPS) is 14.9. The van der Waals surface area contributed by atoms with E-state index in [1.807, 2.05) is 53.7 Å². The highest BCUT2D eigenvalue weighted by Crippen LogP contribution is 2.41. The summed E-state index contributed by atoms with van der Waals surface area (Å²) in [5.74, 6) is -0.416. The molecule has 0 bridgehead atoms. The number of benzene rings is 2. The van der Waals surface area contributed by atoms with E-state index in [-0.39, 0.29) is 48.2 Å². The van der Waals surface area contributed by atoms with Gasteiger partial charge in [0.2, 0.25) is 0 Å². The third-order valence-electron chi connectivity index (χ3n) is 10.6. The number of aryl methyl sites for hydroxylation is 4. The fraction of sp³-hybridized carbons (Fsp3) is 0.429. The van der Waals surface area contributed by atoms with Gasteiger partial charge in [-0.15, -0.1) is 0 Å².